The number of amides is 1. The molecule has 1 aromatic carbocycles. The molecular formula is C26H30F2N6O3SSi. The van der Waals surface area contributed by atoms with Gasteiger partial charge in [-0.1, -0.05) is 19.6 Å². The molecule has 206 valence electrons. The summed E-state index contributed by atoms with van der Waals surface area (Å²) in [6.07, 6.45) is 8.42. The molecule has 1 aliphatic rings. The molecule has 39 heavy (non-hydrogen) atoms. The van der Waals surface area contributed by atoms with Crippen molar-refractivity contribution in [3.05, 3.63) is 54.6 Å². The summed E-state index contributed by atoms with van der Waals surface area (Å²) in [6.45, 7) is 4.39. The summed E-state index contributed by atoms with van der Waals surface area (Å²) in [7, 11) is -1.32. The van der Waals surface area contributed by atoms with E-state index in [-0.39, 0.29) is 18.0 Å². The lowest BCUT2D eigenvalue weighted by atomic mass is 10.1. The molecule has 0 unspecified atom stereocenters. The average Bonchev–Trinajstić information content (AvgIpc) is 3.44. The van der Waals surface area contributed by atoms with Crippen molar-refractivity contribution in [1.29, 1.82) is 0 Å². The molecule has 0 radical (unpaired) electrons. The van der Waals surface area contributed by atoms with E-state index in [9.17, 15) is 13.6 Å². The first-order chi connectivity index (χ1) is 18.7. The second kappa shape index (κ2) is 11.4. The maximum Gasteiger partial charge on any atom is 0.387 e. The Morgan fingerprint density at radius 3 is 2.79 bits per heavy atom. The number of thioether (sulfide) groups is 1. The summed E-state index contributed by atoms with van der Waals surface area (Å²) in [5, 5.41) is 12.0. The molecule has 0 saturated heterocycles. The van der Waals surface area contributed by atoms with Gasteiger partial charge in [0.1, 0.15) is 18.0 Å². The highest BCUT2D eigenvalue weighted by atomic mass is 32.2. The number of hydrogen-bond acceptors (Lipinski definition) is 7. The van der Waals surface area contributed by atoms with Crippen LogP contribution in [0.3, 0.4) is 0 Å². The van der Waals surface area contributed by atoms with Gasteiger partial charge in [0, 0.05) is 42.8 Å². The molecule has 0 spiro atoms. The van der Waals surface area contributed by atoms with Crippen molar-refractivity contribution in [1.82, 2.24) is 24.4 Å². The lowest BCUT2D eigenvalue weighted by molar-refractivity contribution is -0.0495. The van der Waals surface area contributed by atoms with E-state index in [1.54, 1.807) is 41.0 Å². The molecule has 0 atom stereocenters. The molecule has 13 heteroatoms. The summed E-state index contributed by atoms with van der Waals surface area (Å²) < 4.78 is 40.7. The first-order valence-electron chi connectivity index (χ1n) is 12.7. The molecule has 3 aromatic heterocycles. The van der Waals surface area contributed by atoms with E-state index in [0.29, 0.717) is 34.4 Å². The quantitative estimate of drug-likeness (QED) is 0.164. The smallest absolute Gasteiger partial charge is 0.387 e. The van der Waals surface area contributed by atoms with Crippen LogP contribution in [0.2, 0.25) is 25.7 Å². The van der Waals surface area contributed by atoms with Crippen LogP contribution in [0.15, 0.2) is 53.9 Å². The fourth-order valence-corrected chi connectivity index (χ4v) is 5.76. The van der Waals surface area contributed by atoms with Gasteiger partial charge in [-0.15, -0.1) is 11.8 Å². The van der Waals surface area contributed by atoms with Crippen LogP contribution in [0, 0.1) is 0 Å². The lowest BCUT2D eigenvalue weighted by Crippen LogP contribution is -2.22. The number of anilines is 1. The molecule has 1 saturated carbocycles. The van der Waals surface area contributed by atoms with Gasteiger partial charge in [-0.05, 0) is 43.2 Å². The number of fused-ring (bicyclic) bond motifs is 1. The van der Waals surface area contributed by atoms with Crippen LogP contribution in [-0.4, -0.2) is 56.8 Å². The van der Waals surface area contributed by atoms with Crippen LogP contribution in [0.25, 0.3) is 16.9 Å². The fraction of sp³-hybridized carbons (Fsp3) is 0.385. The lowest BCUT2D eigenvalue weighted by Gasteiger charge is -2.18. The molecule has 1 fully saturated rings. The predicted octanol–water partition coefficient (Wildman–Crippen LogP) is 6.01. The number of halogens is 2. The van der Waals surface area contributed by atoms with E-state index in [4.69, 9.17) is 9.47 Å². The van der Waals surface area contributed by atoms with Gasteiger partial charge in [-0.3, -0.25) is 4.79 Å². The fourth-order valence-electron chi connectivity index (χ4n) is 3.91. The van der Waals surface area contributed by atoms with Crippen molar-refractivity contribution in [3.8, 4) is 17.0 Å². The second-order valence-corrected chi connectivity index (χ2v) is 17.5. The molecule has 1 aliphatic carbocycles. The Labute approximate surface area is 229 Å². The number of nitrogens with zero attached hydrogens (tertiary/aromatic N) is 5. The number of ether oxygens (including phenoxy) is 2. The van der Waals surface area contributed by atoms with Crippen LogP contribution < -0.4 is 10.1 Å². The number of alkyl halides is 2. The molecule has 0 aliphatic heterocycles. The number of carbonyl (C=O) groups is 1. The minimum absolute atomic E-state index is 0.0119. The summed E-state index contributed by atoms with van der Waals surface area (Å²) in [4.78, 5) is 18.5. The Balaban J connectivity index is 1.51. The van der Waals surface area contributed by atoms with Gasteiger partial charge >= 0.3 is 6.61 Å². The summed E-state index contributed by atoms with van der Waals surface area (Å²) >= 11 is 1.69. The van der Waals surface area contributed by atoms with Gasteiger partial charge in [0.25, 0.3) is 5.91 Å². The molecule has 1 amide bonds. The van der Waals surface area contributed by atoms with Crippen LogP contribution >= 0.6 is 11.8 Å². The van der Waals surface area contributed by atoms with Crippen molar-refractivity contribution in [3.63, 3.8) is 0 Å². The third-order valence-electron chi connectivity index (χ3n) is 6.07. The monoisotopic (exact) mass is 572 g/mol. The zero-order valence-corrected chi connectivity index (χ0v) is 23.8. The number of benzene rings is 1. The first-order valence-corrected chi connectivity index (χ1v) is 17.3. The topological polar surface area (TPSA) is 95.6 Å². The van der Waals surface area contributed by atoms with Gasteiger partial charge in [-0.2, -0.15) is 19.0 Å². The largest absolute Gasteiger partial charge is 0.434 e. The minimum atomic E-state index is -3.02. The van der Waals surface area contributed by atoms with Gasteiger partial charge in [0.05, 0.1) is 23.8 Å². The second-order valence-electron chi connectivity index (χ2n) is 10.5. The Morgan fingerprint density at radius 1 is 1.23 bits per heavy atom. The van der Waals surface area contributed by atoms with E-state index in [1.165, 1.54) is 23.0 Å². The summed E-state index contributed by atoms with van der Waals surface area (Å²) in [5.74, 6) is -0.467. The van der Waals surface area contributed by atoms with Crippen molar-refractivity contribution in [2.45, 2.75) is 62.0 Å². The predicted molar refractivity (Wildman–Crippen MR) is 148 cm³/mol. The van der Waals surface area contributed by atoms with E-state index < -0.39 is 20.6 Å². The highest BCUT2D eigenvalue weighted by Crippen LogP contribution is 2.43. The van der Waals surface area contributed by atoms with Crippen molar-refractivity contribution in [2.75, 3.05) is 11.9 Å². The van der Waals surface area contributed by atoms with E-state index >= 15 is 0 Å². The number of carbonyl (C=O) groups excluding carboxylic acids is 1. The molecule has 1 N–H and O–H groups in total. The van der Waals surface area contributed by atoms with Crippen LogP contribution in [0.4, 0.5) is 14.5 Å². The van der Waals surface area contributed by atoms with Crippen molar-refractivity contribution in [2.24, 2.45) is 0 Å². The Hall–Kier alpha value is -3.29. The van der Waals surface area contributed by atoms with Gasteiger partial charge < -0.3 is 14.8 Å². The van der Waals surface area contributed by atoms with Crippen LogP contribution in [0.1, 0.15) is 23.2 Å². The normalized spacial score (nSPS) is 13.8. The third-order valence-corrected chi connectivity index (χ3v) is 9.11. The average molecular weight is 573 g/mol. The van der Waals surface area contributed by atoms with Crippen LogP contribution in [-0.2, 0) is 11.5 Å². The van der Waals surface area contributed by atoms with Crippen molar-refractivity contribution >= 4 is 37.1 Å². The van der Waals surface area contributed by atoms with Crippen LogP contribution in [0.5, 0.6) is 5.75 Å². The molecule has 4 aromatic rings. The Bertz CT molecular complexity index is 1470. The Morgan fingerprint density at radius 2 is 2.05 bits per heavy atom. The van der Waals surface area contributed by atoms with E-state index in [2.05, 4.69) is 40.1 Å². The number of nitrogens with one attached hydrogen (secondary N) is 1. The first kappa shape index (κ1) is 27.3. The standard InChI is InChI=1S/C26H30F2N6O3SSi/c1-39(2,3)12-11-36-16-34-23(19-13-18(38-17-5-6-17)7-8-22(19)37-26(27)28)21(15-31-34)32-25(35)20-14-30-33-10-4-9-29-24(20)33/h4,7-10,13-15,17,26H,5-6,11-12,16H2,1-3H3,(H,32,35). The molecule has 0 bridgehead atoms. The Kier molecular flexibility index (Phi) is 8.00. The zero-order valence-electron chi connectivity index (χ0n) is 21.9. The van der Waals surface area contributed by atoms with E-state index in [1.807, 2.05) is 6.07 Å². The maximum absolute atomic E-state index is 13.4. The summed E-state index contributed by atoms with van der Waals surface area (Å²) in [6, 6.07) is 7.79. The molecule has 9 nitrogen and oxygen atoms in total. The molecular weight excluding hydrogens is 542 g/mol. The number of rotatable bonds is 12. The SMILES string of the molecule is C[Si](C)(C)CCOCn1ncc(NC(=O)c2cnn3cccnc23)c1-c1cc(SC2CC2)ccc1OC(F)F. The highest BCUT2D eigenvalue weighted by Gasteiger charge is 2.26. The third kappa shape index (κ3) is 6.83. The van der Waals surface area contributed by atoms with E-state index in [0.717, 1.165) is 23.8 Å². The van der Waals surface area contributed by atoms with Gasteiger partial charge in [0.2, 0.25) is 0 Å². The summed E-state index contributed by atoms with van der Waals surface area (Å²) in [5.41, 5.74) is 1.79. The van der Waals surface area contributed by atoms with Crippen molar-refractivity contribution < 1.29 is 23.0 Å². The minimum Gasteiger partial charge on any atom is -0.434 e. The number of hydrogen-bond donors (Lipinski definition) is 1. The molecule has 3 heterocycles. The molecule has 5 rings (SSSR count). The van der Waals surface area contributed by atoms with Gasteiger partial charge in [-0.25, -0.2) is 14.2 Å². The number of aromatic nitrogens is 5. The zero-order chi connectivity index (χ0) is 27.6. The maximum atomic E-state index is 13.4. The van der Waals surface area contributed by atoms with Gasteiger partial charge in [0.15, 0.2) is 5.65 Å². The highest BCUT2D eigenvalue weighted by molar-refractivity contribution is 8.00.